The first-order chi connectivity index (χ1) is 12.6. The normalized spacial score (nSPS) is 21.0. The van der Waals surface area contributed by atoms with Gasteiger partial charge in [-0.2, -0.15) is 0 Å². The van der Waals surface area contributed by atoms with Crippen LogP contribution in [0.1, 0.15) is 30.7 Å². The Labute approximate surface area is 151 Å². The van der Waals surface area contributed by atoms with Crippen LogP contribution in [-0.4, -0.2) is 18.0 Å². The molecule has 2 aromatic rings. The van der Waals surface area contributed by atoms with Gasteiger partial charge in [0.15, 0.2) is 0 Å². The Hall–Kier alpha value is -2.89. The smallest absolute Gasteiger partial charge is 0.319 e. The van der Waals surface area contributed by atoms with Gasteiger partial charge in [-0.3, -0.25) is 4.79 Å². The van der Waals surface area contributed by atoms with Gasteiger partial charge in [-0.1, -0.05) is 12.1 Å². The van der Waals surface area contributed by atoms with E-state index in [0.29, 0.717) is 17.4 Å². The van der Waals surface area contributed by atoms with Crippen molar-refractivity contribution in [2.24, 2.45) is 5.92 Å². The Bertz CT molecular complexity index is 816. The third kappa shape index (κ3) is 4.02. The lowest BCUT2D eigenvalue weighted by Crippen LogP contribution is -2.30. The number of amides is 3. The summed E-state index contributed by atoms with van der Waals surface area (Å²) in [4.78, 5) is 24.1. The molecule has 134 valence electrons. The maximum atomic E-state index is 13.0. The Morgan fingerprint density at radius 1 is 0.885 bits per heavy atom. The van der Waals surface area contributed by atoms with Crippen LogP contribution >= 0.6 is 0 Å². The van der Waals surface area contributed by atoms with E-state index < -0.39 is 0 Å². The van der Waals surface area contributed by atoms with Crippen LogP contribution in [-0.2, 0) is 4.79 Å². The Morgan fingerprint density at radius 3 is 2.12 bits per heavy atom. The standard InChI is InChI=1S/C20H20FN3O2/c21-13-3-1-12(2-4-13)17-11-18(17)19(25)22-14-5-7-15(8-6-14)23-20(26)24-16-9-10-16/h1-8,16-18H,9-11H2,(H,22,25)(H2,23,24,26). The maximum Gasteiger partial charge on any atom is 0.319 e. The summed E-state index contributed by atoms with van der Waals surface area (Å²) in [5.41, 5.74) is 2.36. The van der Waals surface area contributed by atoms with E-state index in [1.165, 1.54) is 12.1 Å². The minimum atomic E-state index is -0.269. The number of rotatable bonds is 5. The summed E-state index contributed by atoms with van der Waals surface area (Å²) in [7, 11) is 0. The first-order valence-corrected chi connectivity index (χ1v) is 8.82. The quantitative estimate of drug-likeness (QED) is 0.764. The molecule has 2 aromatic carbocycles. The van der Waals surface area contributed by atoms with Crippen molar-refractivity contribution in [2.75, 3.05) is 10.6 Å². The first kappa shape index (κ1) is 16.6. The van der Waals surface area contributed by atoms with Gasteiger partial charge in [0.1, 0.15) is 5.82 Å². The van der Waals surface area contributed by atoms with Gasteiger partial charge >= 0.3 is 6.03 Å². The molecule has 6 heteroatoms. The summed E-state index contributed by atoms with van der Waals surface area (Å²) in [6.07, 6.45) is 2.86. The zero-order valence-corrected chi connectivity index (χ0v) is 14.2. The van der Waals surface area contributed by atoms with Gasteiger partial charge in [0.25, 0.3) is 0 Å². The molecular weight excluding hydrogens is 333 g/mol. The molecule has 0 saturated heterocycles. The summed E-state index contributed by atoms with van der Waals surface area (Å²) in [6, 6.07) is 13.5. The van der Waals surface area contributed by atoms with Crippen molar-refractivity contribution in [1.82, 2.24) is 5.32 Å². The largest absolute Gasteiger partial charge is 0.335 e. The number of anilines is 2. The minimum absolute atomic E-state index is 0.0356. The third-order valence-electron chi connectivity index (χ3n) is 4.75. The molecular formula is C20H20FN3O2. The Morgan fingerprint density at radius 2 is 1.50 bits per heavy atom. The van der Waals surface area contributed by atoms with Gasteiger partial charge in [-0.05, 0) is 67.1 Å². The second-order valence-corrected chi connectivity index (χ2v) is 6.94. The zero-order chi connectivity index (χ0) is 18.1. The van der Waals surface area contributed by atoms with E-state index in [1.807, 2.05) is 0 Å². The van der Waals surface area contributed by atoms with Crippen LogP contribution in [0.3, 0.4) is 0 Å². The highest BCUT2D eigenvalue weighted by atomic mass is 19.1. The van der Waals surface area contributed by atoms with Crippen LogP contribution in [0.5, 0.6) is 0 Å². The molecule has 0 spiro atoms. The number of halogens is 1. The van der Waals surface area contributed by atoms with E-state index in [-0.39, 0.29) is 29.6 Å². The Kier molecular flexibility index (Phi) is 4.32. The van der Waals surface area contributed by atoms with Gasteiger partial charge in [0, 0.05) is 23.3 Å². The average molecular weight is 353 g/mol. The van der Waals surface area contributed by atoms with Crippen molar-refractivity contribution in [1.29, 1.82) is 0 Å². The van der Waals surface area contributed by atoms with Crippen LogP contribution in [0.15, 0.2) is 48.5 Å². The second kappa shape index (κ2) is 6.78. The number of hydrogen-bond donors (Lipinski definition) is 3. The van der Waals surface area contributed by atoms with Crippen LogP contribution in [0.25, 0.3) is 0 Å². The molecule has 2 aliphatic rings. The molecule has 3 N–H and O–H groups in total. The second-order valence-electron chi connectivity index (χ2n) is 6.94. The van der Waals surface area contributed by atoms with E-state index in [4.69, 9.17) is 0 Å². The van der Waals surface area contributed by atoms with Gasteiger partial charge in [-0.25, -0.2) is 9.18 Å². The molecule has 0 radical (unpaired) electrons. The summed E-state index contributed by atoms with van der Waals surface area (Å²) < 4.78 is 13.0. The number of carbonyl (C=O) groups excluding carboxylic acids is 2. The fourth-order valence-electron chi connectivity index (χ4n) is 3.02. The monoisotopic (exact) mass is 353 g/mol. The van der Waals surface area contributed by atoms with Gasteiger partial charge in [0.2, 0.25) is 5.91 Å². The number of benzene rings is 2. The number of nitrogens with one attached hydrogen (secondary N) is 3. The first-order valence-electron chi connectivity index (χ1n) is 8.82. The van der Waals surface area contributed by atoms with E-state index in [9.17, 15) is 14.0 Å². The molecule has 5 nitrogen and oxygen atoms in total. The van der Waals surface area contributed by atoms with Crippen molar-refractivity contribution >= 4 is 23.3 Å². The maximum absolute atomic E-state index is 13.0. The predicted octanol–water partition coefficient (Wildman–Crippen LogP) is 3.85. The van der Waals surface area contributed by atoms with E-state index in [2.05, 4.69) is 16.0 Å². The molecule has 2 fully saturated rings. The van der Waals surface area contributed by atoms with Crippen molar-refractivity contribution in [3.05, 3.63) is 59.9 Å². The SMILES string of the molecule is O=C(Nc1ccc(NC(=O)C2CC2c2ccc(F)cc2)cc1)NC1CC1. The van der Waals surface area contributed by atoms with Crippen LogP contribution in [0.2, 0.25) is 0 Å². The van der Waals surface area contributed by atoms with Gasteiger partial charge in [-0.15, -0.1) is 0 Å². The summed E-state index contributed by atoms with van der Waals surface area (Å²) in [5, 5.41) is 8.52. The van der Waals surface area contributed by atoms with Crippen LogP contribution in [0.4, 0.5) is 20.6 Å². The zero-order valence-electron chi connectivity index (χ0n) is 14.2. The van der Waals surface area contributed by atoms with Crippen LogP contribution < -0.4 is 16.0 Å². The minimum Gasteiger partial charge on any atom is -0.335 e. The van der Waals surface area contributed by atoms with E-state index in [1.54, 1.807) is 36.4 Å². The number of urea groups is 1. The molecule has 26 heavy (non-hydrogen) atoms. The van der Waals surface area contributed by atoms with E-state index >= 15 is 0 Å². The molecule has 2 aliphatic carbocycles. The molecule has 2 saturated carbocycles. The highest BCUT2D eigenvalue weighted by Gasteiger charge is 2.43. The van der Waals surface area contributed by atoms with Gasteiger partial charge in [0.05, 0.1) is 0 Å². The third-order valence-corrected chi connectivity index (χ3v) is 4.75. The average Bonchev–Trinajstić information content (AvgIpc) is 3.52. The fraction of sp³-hybridized carbons (Fsp3) is 0.300. The van der Waals surface area contributed by atoms with Crippen molar-refractivity contribution in [3.63, 3.8) is 0 Å². The molecule has 2 unspecified atom stereocenters. The van der Waals surface area contributed by atoms with Gasteiger partial charge < -0.3 is 16.0 Å². The van der Waals surface area contributed by atoms with Crippen molar-refractivity contribution in [3.8, 4) is 0 Å². The highest BCUT2D eigenvalue weighted by molar-refractivity contribution is 5.96. The lowest BCUT2D eigenvalue weighted by atomic mass is 10.1. The predicted molar refractivity (Wildman–Crippen MR) is 97.5 cm³/mol. The van der Waals surface area contributed by atoms with E-state index in [0.717, 1.165) is 24.8 Å². The van der Waals surface area contributed by atoms with Crippen LogP contribution in [0, 0.1) is 11.7 Å². The topological polar surface area (TPSA) is 70.2 Å². The molecule has 3 amide bonds. The molecule has 2 atom stereocenters. The fourth-order valence-corrected chi connectivity index (χ4v) is 3.02. The molecule has 0 aliphatic heterocycles. The van der Waals surface area contributed by atoms with Crippen molar-refractivity contribution < 1.29 is 14.0 Å². The Balaban J connectivity index is 1.29. The van der Waals surface area contributed by atoms with Crippen molar-refractivity contribution in [2.45, 2.75) is 31.2 Å². The molecule has 4 rings (SSSR count). The summed E-state index contributed by atoms with van der Waals surface area (Å²) in [6.45, 7) is 0. The molecule has 0 aromatic heterocycles. The lowest BCUT2D eigenvalue weighted by Gasteiger charge is -2.09. The number of carbonyl (C=O) groups is 2. The molecule has 0 bridgehead atoms. The lowest BCUT2D eigenvalue weighted by molar-refractivity contribution is -0.117. The summed E-state index contributed by atoms with van der Waals surface area (Å²) in [5.74, 6) is -0.230. The highest BCUT2D eigenvalue weighted by Crippen LogP contribution is 2.48. The molecule has 0 heterocycles. The number of hydrogen-bond acceptors (Lipinski definition) is 2. The summed E-state index contributed by atoms with van der Waals surface area (Å²) >= 11 is 0.